The molecule has 0 saturated heterocycles. The van der Waals surface area contributed by atoms with Gasteiger partial charge in [0.2, 0.25) is 0 Å². The van der Waals surface area contributed by atoms with Crippen LogP contribution in [-0.2, 0) is 0 Å². The summed E-state index contributed by atoms with van der Waals surface area (Å²) in [6.07, 6.45) is 1.24. The Morgan fingerprint density at radius 2 is 2.07 bits per heavy atom. The Labute approximate surface area is 92.9 Å². The third kappa shape index (κ3) is 1.70. The van der Waals surface area contributed by atoms with Crippen molar-refractivity contribution >= 4 is 22.5 Å². The Hall–Kier alpha value is -1.15. The highest BCUT2D eigenvalue weighted by molar-refractivity contribution is 6.35. The second-order valence-electron chi connectivity index (χ2n) is 3.81. The number of benzene rings is 1. The number of fused-ring (bicyclic) bond motifs is 1. The van der Waals surface area contributed by atoms with E-state index >= 15 is 0 Å². The summed E-state index contributed by atoms with van der Waals surface area (Å²) in [5.74, 6) is -0.145. The maximum Gasteiger partial charge on any atom is 0.145 e. The lowest BCUT2D eigenvalue weighted by atomic mass is 9.98. The first-order valence-corrected chi connectivity index (χ1v) is 5.21. The van der Waals surface area contributed by atoms with Crippen LogP contribution in [0, 0.1) is 5.82 Å². The molecule has 0 aliphatic rings. The number of pyridine rings is 1. The molecule has 0 saturated carbocycles. The summed E-state index contributed by atoms with van der Waals surface area (Å²) in [6, 6.07) is 5.43. The lowest BCUT2D eigenvalue weighted by molar-refractivity contribution is 0.597. The van der Waals surface area contributed by atoms with Crippen molar-refractivity contribution < 1.29 is 4.39 Å². The third-order valence-corrected chi connectivity index (χ3v) is 2.72. The molecule has 0 N–H and O–H groups in total. The molecule has 0 radical (unpaired) electrons. The minimum atomic E-state index is -0.264. The summed E-state index contributed by atoms with van der Waals surface area (Å²) in [5, 5.41) is 1.37. The summed E-state index contributed by atoms with van der Waals surface area (Å²) in [6.45, 7) is 3.91. The lowest BCUT2D eigenvalue weighted by Crippen LogP contribution is -1.96. The standard InChI is InChI=1S/C12H11ClFN/c1-7(2)11-8-4-3-5-9(13)12(8)15-6-10(11)14/h3-7H,1-2H3. The number of hydrogen-bond acceptors (Lipinski definition) is 1. The number of para-hydroxylation sites is 1. The minimum Gasteiger partial charge on any atom is -0.252 e. The molecule has 1 aromatic heterocycles. The molecule has 15 heavy (non-hydrogen) atoms. The van der Waals surface area contributed by atoms with Gasteiger partial charge in [-0.1, -0.05) is 37.6 Å². The van der Waals surface area contributed by atoms with E-state index in [0.29, 0.717) is 16.1 Å². The molecule has 0 amide bonds. The van der Waals surface area contributed by atoms with Gasteiger partial charge in [0.25, 0.3) is 0 Å². The van der Waals surface area contributed by atoms with E-state index in [2.05, 4.69) is 4.98 Å². The van der Waals surface area contributed by atoms with Gasteiger partial charge < -0.3 is 0 Å². The highest BCUT2D eigenvalue weighted by atomic mass is 35.5. The van der Waals surface area contributed by atoms with Gasteiger partial charge in [0, 0.05) is 10.9 Å². The first-order chi connectivity index (χ1) is 7.11. The molecule has 2 rings (SSSR count). The van der Waals surface area contributed by atoms with Crippen LogP contribution in [0.15, 0.2) is 24.4 Å². The minimum absolute atomic E-state index is 0.119. The maximum atomic E-state index is 13.6. The highest BCUT2D eigenvalue weighted by Gasteiger charge is 2.13. The fourth-order valence-corrected chi connectivity index (χ4v) is 1.99. The van der Waals surface area contributed by atoms with Crippen LogP contribution in [0.2, 0.25) is 5.02 Å². The van der Waals surface area contributed by atoms with Crippen molar-refractivity contribution in [3.05, 3.63) is 40.8 Å². The van der Waals surface area contributed by atoms with Crippen molar-refractivity contribution in [3.8, 4) is 0 Å². The van der Waals surface area contributed by atoms with Crippen LogP contribution < -0.4 is 0 Å². The van der Waals surface area contributed by atoms with E-state index in [9.17, 15) is 4.39 Å². The van der Waals surface area contributed by atoms with Crippen molar-refractivity contribution in [2.75, 3.05) is 0 Å². The van der Waals surface area contributed by atoms with Crippen LogP contribution in [0.5, 0.6) is 0 Å². The average Bonchev–Trinajstić information content (AvgIpc) is 2.17. The van der Waals surface area contributed by atoms with Gasteiger partial charge in [-0.3, -0.25) is 4.98 Å². The molecule has 2 aromatic rings. The summed E-state index contributed by atoms with van der Waals surface area (Å²) in [7, 11) is 0. The zero-order chi connectivity index (χ0) is 11.0. The average molecular weight is 224 g/mol. The van der Waals surface area contributed by atoms with Gasteiger partial charge in [-0.2, -0.15) is 0 Å². The Morgan fingerprint density at radius 3 is 2.73 bits per heavy atom. The molecule has 0 spiro atoms. The monoisotopic (exact) mass is 223 g/mol. The molecular formula is C12H11ClFN. The Balaban J connectivity index is 2.88. The molecular weight excluding hydrogens is 213 g/mol. The third-order valence-electron chi connectivity index (χ3n) is 2.42. The smallest absolute Gasteiger partial charge is 0.145 e. The fourth-order valence-electron chi connectivity index (χ4n) is 1.77. The van der Waals surface area contributed by atoms with Crippen LogP contribution in [0.3, 0.4) is 0 Å². The van der Waals surface area contributed by atoms with Gasteiger partial charge in [-0.05, 0) is 12.0 Å². The highest BCUT2D eigenvalue weighted by Crippen LogP contribution is 2.29. The van der Waals surface area contributed by atoms with Crippen LogP contribution >= 0.6 is 11.6 Å². The van der Waals surface area contributed by atoms with E-state index in [1.165, 1.54) is 6.20 Å². The zero-order valence-electron chi connectivity index (χ0n) is 8.59. The Bertz CT molecular complexity index is 508. The SMILES string of the molecule is CC(C)c1c(F)cnc2c(Cl)cccc12. The van der Waals surface area contributed by atoms with Crippen molar-refractivity contribution in [3.63, 3.8) is 0 Å². The molecule has 0 atom stereocenters. The molecule has 0 fully saturated rings. The van der Waals surface area contributed by atoms with E-state index in [1.807, 2.05) is 26.0 Å². The number of halogens is 2. The summed E-state index contributed by atoms with van der Waals surface area (Å²) < 4.78 is 13.6. The largest absolute Gasteiger partial charge is 0.252 e. The Kier molecular flexibility index (Phi) is 2.61. The van der Waals surface area contributed by atoms with Crippen LogP contribution in [-0.4, -0.2) is 4.98 Å². The normalized spacial score (nSPS) is 11.3. The van der Waals surface area contributed by atoms with Gasteiger partial charge in [-0.15, -0.1) is 0 Å². The summed E-state index contributed by atoms with van der Waals surface area (Å²) >= 11 is 6.00. The molecule has 1 heterocycles. The van der Waals surface area contributed by atoms with E-state index in [-0.39, 0.29) is 11.7 Å². The first kappa shape index (κ1) is 10.4. The number of rotatable bonds is 1. The van der Waals surface area contributed by atoms with Crippen molar-refractivity contribution in [2.45, 2.75) is 19.8 Å². The number of hydrogen-bond donors (Lipinski definition) is 0. The van der Waals surface area contributed by atoms with E-state index < -0.39 is 0 Å². The molecule has 0 aliphatic heterocycles. The van der Waals surface area contributed by atoms with Crippen LogP contribution in [0.1, 0.15) is 25.3 Å². The van der Waals surface area contributed by atoms with Gasteiger partial charge in [-0.25, -0.2) is 4.39 Å². The van der Waals surface area contributed by atoms with Gasteiger partial charge >= 0.3 is 0 Å². The van der Waals surface area contributed by atoms with Crippen LogP contribution in [0.25, 0.3) is 10.9 Å². The lowest BCUT2D eigenvalue weighted by Gasteiger charge is -2.11. The Morgan fingerprint density at radius 1 is 1.33 bits per heavy atom. The molecule has 0 bridgehead atoms. The van der Waals surface area contributed by atoms with Crippen molar-refractivity contribution in [1.29, 1.82) is 0 Å². The summed E-state index contributed by atoms with van der Waals surface area (Å²) in [5.41, 5.74) is 1.35. The predicted octanol–water partition coefficient (Wildman–Crippen LogP) is 4.15. The van der Waals surface area contributed by atoms with Gasteiger partial charge in [0.1, 0.15) is 5.82 Å². The quantitative estimate of drug-likeness (QED) is 0.708. The summed E-state index contributed by atoms with van der Waals surface area (Å²) in [4.78, 5) is 4.02. The van der Waals surface area contributed by atoms with Gasteiger partial charge in [0.05, 0.1) is 16.7 Å². The number of nitrogens with zero attached hydrogens (tertiary/aromatic N) is 1. The molecule has 1 nitrogen and oxygen atoms in total. The van der Waals surface area contributed by atoms with Crippen molar-refractivity contribution in [1.82, 2.24) is 4.98 Å². The van der Waals surface area contributed by atoms with Crippen LogP contribution in [0.4, 0.5) is 4.39 Å². The molecule has 78 valence electrons. The maximum absolute atomic E-state index is 13.6. The first-order valence-electron chi connectivity index (χ1n) is 4.84. The van der Waals surface area contributed by atoms with E-state index in [0.717, 1.165) is 5.39 Å². The van der Waals surface area contributed by atoms with E-state index in [1.54, 1.807) is 6.07 Å². The predicted molar refractivity (Wildman–Crippen MR) is 60.8 cm³/mol. The second-order valence-corrected chi connectivity index (χ2v) is 4.22. The molecule has 3 heteroatoms. The fraction of sp³-hybridized carbons (Fsp3) is 0.250. The molecule has 0 unspecified atom stereocenters. The molecule has 0 aliphatic carbocycles. The molecule has 1 aromatic carbocycles. The topological polar surface area (TPSA) is 12.9 Å². The number of aromatic nitrogens is 1. The second kappa shape index (κ2) is 3.78. The van der Waals surface area contributed by atoms with Gasteiger partial charge in [0.15, 0.2) is 0 Å². The van der Waals surface area contributed by atoms with Crippen molar-refractivity contribution in [2.24, 2.45) is 0 Å². The zero-order valence-corrected chi connectivity index (χ0v) is 9.35. The van der Waals surface area contributed by atoms with E-state index in [4.69, 9.17) is 11.6 Å².